The van der Waals surface area contributed by atoms with Crippen LogP contribution in [0.1, 0.15) is 44.7 Å². The Bertz CT molecular complexity index is 388. The van der Waals surface area contributed by atoms with Gasteiger partial charge in [-0.1, -0.05) is 18.2 Å². The van der Waals surface area contributed by atoms with Gasteiger partial charge in [0.25, 0.3) is 0 Å². The molecule has 0 aliphatic carbocycles. The molecule has 1 aliphatic rings. The highest BCUT2D eigenvalue weighted by atomic mass is 32.2. The van der Waals surface area contributed by atoms with E-state index in [-0.39, 0.29) is 12.1 Å². The van der Waals surface area contributed by atoms with Crippen LogP contribution in [-0.4, -0.2) is 17.6 Å². The third kappa shape index (κ3) is 4.43. The second-order valence-electron chi connectivity index (χ2n) is 5.60. The van der Waals surface area contributed by atoms with Crippen molar-refractivity contribution < 1.29 is 4.74 Å². The molecule has 2 rings (SSSR count). The average molecular weight is 279 g/mol. The number of hydrogen-bond donors (Lipinski definition) is 1. The fourth-order valence-corrected chi connectivity index (χ4v) is 3.82. The van der Waals surface area contributed by atoms with Gasteiger partial charge in [-0.05, 0) is 56.6 Å². The van der Waals surface area contributed by atoms with E-state index in [2.05, 4.69) is 37.7 Å². The number of hydrogen-bond acceptors (Lipinski definition) is 3. The molecular weight excluding hydrogens is 254 g/mol. The van der Waals surface area contributed by atoms with E-state index in [1.807, 2.05) is 12.1 Å². The molecule has 1 aromatic carbocycles. The fourth-order valence-electron chi connectivity index (χ4n) is 2.62. The van der Waals surface area contributed by atoms with Crippen LogP contribution < -0.4 is 10.5 Å². The topological polar surface area (TPSA) is 35.2 Å². The molecule has 1 fully saturated rings. The first-order valence-electron chi connectivity index (χ1n) is 7.25. The molecule has 0 radical (unpaired) electrons. The Morgan fingerprint density at radius 2 is 1.95 bits per heavy atom. The molecule has 2 nitrogen and oxygen atoms in total. The molecule has 2 N–H and O–H groups in total. The Balaban J connectivity index is 2.02. The minimum Gasteiger partial charge on any atom is -0.491 e. The summed E-state index contributed by atoms with van der Waals surface area (Å²) >= 11 is 2.07. The molecule has 1 unspecified atom stereocenters. The van der Waals surface area contributed by atoms with E-state index in [9.17, 15) is 0 Å². The molecule has 1 aromatic rings. The zero-order chi connectivity index (χ0) is 13.7. The van der Waals surface area contributed by atoms with Gasteiger partial charge in [0, 0.05) is 11.6 Å². The molecule has 0 saturated carbocycles. The minimum atomic E-state index is 0.100. The summed E-state index contributed by atoms with van der Waals surface area (Å²) in [5, 5.41) is 0. The molecule has 3 heteroatoms. The van der Waals surface area contributed by atoms with Crippen LogP contribution in [-0.2, 0) is 0 Å². The summed E-state index contributed by atoms with van der Waals surface area (Å²) < 4.78 is 5.87. The highest BCUT2D eigenvalue weighted by Crippen LogP contribution is 2.33. The highest BCUT2D eigenvalue weighted by molar-refractivity contribution is 7.99. The Morgan fingerprint density at radius 1 is 1.26 bits per heavy atom. The first kappa shape index (κ1) is 14.7. The molecule has 1 aliphatic heterocycles. The predicted octanol–water partition coefficient (Wildman–Crippen LogP) is 4.01. The van der Waals surface area contributed by atoms with E-state index in [1.54, 1.807) is 0 Å². The first-order chi connectivity index (χ1) is 9.16. The van der Waals surface area contributed by atoms with Crippen LogP contribution in [0.2, 0.25) is 0 Å². The van der Waals surface area contributed by atoms with Crippen LogP contribution >= 0.6 is 11.8 Å². The predicted molar refractivity (Wildman–Crippen MR) is 83.8 cm³/mol. The lowest BCUT2D eigenvalue weighted by Crippen LogP contribution is -2.20. The van der Waals surface area contributed by atoms with Gasteiger partial charge in [-0.3, -0.25) is 0 Å². The highest BCUT2D eigenvalue weighted by Gasteiger charge is 2.20. The molecule has 1 heterocycles. The molecule has 1 atom stereocenters. The lowest BCUT2D eigenvalue weighted by atomic mass is 9.91. The summed E-state index contributed by atoms with van der Waals surface area (Å²) in [6.07, 6.45) is 3.90. The number of benzene rings is 1. The van der Waals surface area contributed by atoms with Crippen LogP contribution in [0.4, 0.5) is 0 Å². The summed E-state index contributed by atoms with van der Waals surface area (Å²) in [4.78, 5) is 0. The minimum absolute atomic E-state index is 0.100. The summed E-state index contributed by atoms with van der Waals surface area (Å²) in [6.45, 7) is 4.11. The monoisotopic (exact) mass is 279 g/mol. The van der Waals surface area contributed by atoms with Gasteiger partial charge >= 0.3 is 0 Å². The lowest BCUT2D eigenvalue weighted by molar-refractivity contribution is 0.237. The molecule has 1 saturated heterocycles. The summed E-state index contributed by atoms with van der Waals surface area (Å²) in [7, 11) is 0. The second-order valence-corrected chi connectivity index (χ2v) is 6.83. The van der Waals surface area contributed by atoms with Crippen molar-refractivity contribution in [2.75, 3.05) is 11.5 Å². The van der Waals surface area contributed by atoms with Crippen molar-refractivity contribution in [2.24, 2.45) is 11.7 Å². The van der Waals surface area contributed by atoms with Crippen LogP contribution in [0.15, 0.2) is 24.3 Å². The zero-order valence-electron chi connectivity index (χ0n) is 12.0. The Kier molecular flexibility index (Phi) is 5.59. The van der Waals surface area contributed by atoms with E-state index in [4.69, 9.17) is 10.5 Å². The molecule has 0 spiro atoms. The standard InChI is InChI=1S/C16H25NOS/c1-12(2)18-16-6-4-3-5-14(16)15(17)11-13-7-9-19-10-8-13/h3-6,12-13,15H,7-11,17H2,1-2H3. The van der Waals surface area contributed by atoms with E-state index in [0.717, 1.165) is 23.7 Å². The molecule has 19 heavy (non-hydrogen) atoms. The van der Waals surface area contributed by atoms with Gasteiger partial charge in [0.15, 0.2) is 0 Å². The van der Waals surface area contributed by atoms with Crippen molar-refractivity contribution in [3.05, 3.63) is 29.8 Å². The summed E-state index contributed by atoms with van der Waals surface area (Å²) in [5.74, 6) is 4.32. The van der Waals surface area contributed by atoms with Crippen LogP contribution in [0.3, 0.4) is 0 Å². The second kappa shape index (κ2) is 7.20. The first-order valence-corrected chi connectivity index (χ1v) is 8.41. The Hall–Kier alpha value is -0.670. The normalized spacial score (nSPS) is 18.5. The van der Waals surface area contributed by atoms with Crippen molar-refractivity contribution in [2.45, 2.75) is 45.3 Å². The van der Waals surface area contributed by atoms with E-state index >= 15 is 0 Å². The van der Waals surface area contributed by atoms with Crippen molar-refractivity contribution in [3.8, 4) is 5.75 Å². The van der Waals surface area contributed by atoms with Gasteiger partial charge in [-0.25, -0.2) is 0 Å². The van der Waals surface area contributed by atoms with Gasteiger partial charge < -0.3 is 10.5 Å². The third-order valence-corrected chi connectivity index (χ3v) is 4.66. The average Bonchev–Trinajstić information content (AvgIpc) is 2.39. The van der Waals surface area contributed by atoms with Crippen molar-refractivity contribution >= 4 is 11.8 Å². The summed E-state index contributed by atoms with van der Waals surface area (Å²) in [5.41, 5.74) is 7.58. The van der Waals surface area contributed by atoms with Gasteiger partial charge in [-0.2, -0.15) is 11.8 Å². The van der Waals surface area contributed by atoms with E-state index in [1.165, 1.54) is 24.3 Å². The van der Waals surface area contributed by atoms with Gasteiger partial charge in [0.05, 0.1) is 6.10 Å². The SMILES string of the molecule is CC(C)Oc1ccccc1C(N)CC1CCSCC1. The quantitative estimate of drug-likeness (QED) is 0.884. The van der Waals surface area contributed by atoms with Crippen LogP contribution in [0, 0.1) is 5.92 Å². The summed E-state index contributed by atoms with van der Waals surface area (Å²) in [6, 6.07) is 8.32. The maximum Gasteiger partial charge on any atom is 0.124 e. The molecule has 0 aromatic heterocycles. The van der Waals surface area contributed by atoms with Crippen molar-refractivity contribution in [3.63, 3.8) is 0 Å². The molecule has 106 valence electrons. The largest absolute Gasteiger partial charge is 0.491 e. The smallest absolute Gasteiger partial charge is 0.124 e. The van der Waals surface area contributed by atoms with Gasteiger partial charge in [-0.15, -0.1) is 0 Å². The number of rotatable bonds is 5. The van der Waals surface area contributed by atoms with Crippen LogP contribution in [0.25, 0.3) is 0 Å². The Morgan fingerprint density at radius 3 is 2.63 bits per heavy atom. The number of ether oxygens (including phenoxy) is 1. The van der Waals surface area contributed by atoms with Gasteiger partial charge in [0.1, 0.15) is 5.75 Å². The fraction of sp³-hybridized carbons (Fsp3) is 0.625. The Labute approximate surface area is 121 Å². The number of nitrogens with two attached hydrogens (primary N) is 1. The maximum absolute atomic E-state index is 6.42. The van der Waals surface area contributed by atoms with E-state index in [0.29, 0.717) is 0 Å². The zero-order valence-corrected chi connectivity index (χ0v) is 12.8. The molecule has 0 bridgehead atoms. The maximum atomic E-state index is 6.42. The number of para-hydroxylation sites is 1. The van der Waals surface area contributed by atoms with Crippen molar-refractivity contribution in [1.82, 2.24) is 0 Å². The van der Waals surface area contributed by atoms with E-state index < -0.39 is 0 Å². The molecule has 0 amide bonds. The molecular formula is C16H25NOS. The third-order valence-electron chi connectivity index (χ3n) is 3.61. The van der Waals surface area contributed by atoms with Crippen LogP contribution in [0.5, 0.6) is 5.75 Å². The lowest BCUT2D eigenvalue weighted by Gasteiger charge is -2.25. The number of thioether (sulfide) groups is 1. The van der Waals surface area contributed by atoms with Crippen molar-refractivity contribution in [1.29, 1.82) is 0 Å². The van der Waals surface area contributed by atoms with Gasteiger partial charge in [0.2, 0.25) is 0 Å².